The summed E-state index contributed by atoms with van der Waals surface area (Å²) in [6.45, 7) is 1.35. The summed E-state index contributed by atoms with van der Waals surface area (Å²) in [4.78, 5) is 12.0. The lowest BCUT2D eigenvalue weighted by atomic mass is 9.83. The quantitative estimate of drug-likeness (QED) is 0.698. The van der Waals surface area contributed by atoms with Crippen LogP contribution >= 0.6 is 0 Å². The molecule has 1 N–H and O–H groups in total. The molecule has 2 aliphatic rings. The van der Waals surface area contributed by atoms with Crippen molar-refractivity contribution >= 4 is 5.91 Å². The van der Waals surface area contributed by atoms with Crippen molar-refractivity contribution in [2.45, 2.75) is 69.8 Å². The summed E-state index contributed by atoms with van der Waals surface area (Å²) in [6, 6.07) is 8.53. The highest BCUT2D eigenvalue weighted by molar-refractivity contribution is 5.78. The highest BCUT2D eigenvalue weighted by Gasteiger charge is 2.23. The molecule has 4 heteroatoms. The standard InChI is InChI=1S/C22H33NO3/c1-25-20-12-10-17(11-13-20)19-8-4-9-21(16-19)26-15-5-14-23-22(24)18-6-2-3-7-18/h4,8-9,16-18,20H,2-3,5-7,10-15H2,1H3,(H,23,24). The highest BCUT2D eigenvalue weighted by Crippen LogP contribution is 2.35. The summed E-state index contributed by atoms with van der Waals surface area (Å²) in [5, 5.41) is 3.05. The van der Waals surface area contributed by atoms with Crippen LogP contribution in [0.4, 0.5) is 0 Å². The first kappa shape index (κ1) is 19.2. The Balaban J connectivity index is 1.36. The largest absolute Gasteiger partial charge is 0.494 e. The molecular weight excluding hydrogens is 326 g/mol. The van der Waals surface area contributed by atoms with Crippen molar-refractivity contribution < 1.29 is 14.3 Å². The van der Waals surface area contributed by atoms with Gasteiger partial charge in [0.2, 0.25) is 5.91 Å². The molecular formula is C22H33NO3. The maximum Gasteiger partial charge on any atom is 0.223 e. The van der Waals surface area contributed by atoms with Gasteiger partial charge in [-0.15, -0.1) is 0 Å². The fourth-order valence-electron chi connectivity index (χ4n) is 4.30. The third-order valence-corrected chi connectivity index (χ3v) is 5.95. The Bertz CT molecular complexity index is 560. The van der Waals surface area contributed by atoms with Crippen molar-refractivity contribution in [3.05, 3.63) is 29.8 Å². The Labute approximate surface area is 157 Å². The van der Waals surface area contributed by atoms with Gasteiger partial charge in [0.25, 0.3) is 0 Å². The van der Waals surface area contributed by atoms with E-state index in [0.29, 0.717) is 25.2 Å². The molecule has 0 atom stereocenters. The highest BCUT2D eigenvalue weighted by atomic mass is 16.5. The van der Waals surface area contributed by atoms with E-state index in [2.05, 4.69) is 23.5 Å². The molecule has 0 spiro atoms. The number of ether oxygens (including phenoxy) is 2. The second kappa shape index (κ2) is 9.96. The van der Waals surface area contributed by atoms with Gasteiger partial charge in [-0.25, -0.2) is 0 Å². The van der Waals surface area contributed by atoms with E-state index in [4.69, 9.17) is 9.47 Å². The van der Waals surface area contributed by atoms with Gasteiger partial charge in [0.15, 0.2) is 0 Å². The maximum atomic E-state index is 12.0. The summed E-state index contributed by atoms with van der Waals surface area (Å²) < 4.78 is 11.4. The number of rotatable bonds is 8. The Morgan fingerprint density at radius 1 is 1.12 bits per heavy atom. The average molecular weight is 360 g/mol. The minimum absolute atomic E-state index is 0.233. The van der Waals surface area contributed by atoms with Crippen LogP contribution in [0, 0.1) is 5.92 Å². The first-order valence-corrected chi connectivity index (χ1v) is 10.3. The Kier molecular flexibility index (Phi) is 7.36. The van der Waals surface area contributed by atoms with Gasteiger partial charge < -0.3 is 14.8 Å². The third-order valence-electron chi connectivity index (χ3n) is 5.95. The lowest BCUT2D eigenvalue weighted by molar-refractivity contribution is -0.124. The predicted octanol–water partition coefficient (Wildman–Crippen LogP) is 4.43. The van der Waals surface area contributed by atoms with Gasteiger partial charge in [-0.3, -0.25) is 4.79 Å². The van der Waals surface area contributed by atoms with E-state index in [1.165, 1.54) is 31.2 Å². The average Bonchev–Trinajstić information content (AvgIpc) is 3.23. The minimum Gasteiger partial charge on any atom is -0.494 e. The summed E-state index contributed by atoms with van der Waals surface area (Å²) in [7, 11) is 1.82. The second-order valence-electron chi connectivity index (χ2n) is 7.76. The molecule has 1 aromatic carbocycles. The van der Waals surface area contributed by atoms with Gasteiger partial charge in [0.05, 0.1) is 12.7 Å². The zero-order valence-corrected chi connectivity index (χ0v) is 16.0. The molecule has 0 radical (unpaired) electrons. The maximum absolute atomic E-state index is 12.0. The van der Waals surface area contributed by atoms with Crippen molar-refractivity contribution in [1.29, 1.82) is 0 Å². The molecule has 2 saturated carbocycles. The number of amides is 1. The van der Waals surface area contributed by atoms with Crippen LogP contribution in [0.1, 0.15) is 69.3 Å². The van der Waals surface area contributed by atoms with Gasteiger partial charge in [0, 0.05) is 19.6 Å². The van der Waals surface area contributed by atoms with Crippen LogP contribution in [0.15, 0.2) is 24.3 Å². The zero-order valence-electron chi connectivity index (χ0n) is 16.0. The number of nitrogens with one attached hydrogen (secondary N) is 1. The summed E-state index contributed by atoms with van der Waals surface area (Å²) in [6.07, 6.45) is 10.5. The summed E-state index contributed by atoms with van der Waals surface area (Å²) in [5.74, 6) is 2.05. The number of carbonyl (C=O) groups is 1. The fraction of sp³-hybridized carbons (Fsp3) is 0.682. The molecule has 144 valence electrons. The van der Waals surface area contributed by atoms with Crippen LogP contribution < -0.4 is 10.1 Å². The molecule has 0 unspecified atom stereocenters. The van der Waals surface area contributed by atoms with Crippen LogP contribution in [-0.2, 0) is 9.53 Å². The molecule has 1 amide bonds. The van der Waals surface area contributed by atoms with Crippen LogP contribution in [0.5, 0.6) is 5.75 Å². The van der Waals surface area contributed by atoms with Crippen molar-refractivity contribution in [1.82, 2.24) is 5.32 Å². The molecule has 0 aromatic heterocycles. The van der Waals surface area contributed by atoms with Crippen molar-refractivity contribution in [2.75, 3.05) is 20.3 Å². The molecule has 0 saturated heterocycles. The molecule has 1 aromatic rings. The van der Waals surface area contributed by atoms with Crippen LogP contribution in [0.2, 0.25) is 0 Å². The first-order chi connectivity index (χ1) is 12.8. The number of benzene rings is 1. The number of methoxy groups -OCH3 is 1. The lowest BCUT2D eigenvalue weighted by Crippen LogP contribution is -2.30. The molecule has 26 heavy (non-hydrogen) atoms. The molecule has 4 nitrogen and oxygen atoms in total. The van der Waals surface area contributed by atoms with Gasteiger partial charge in [-0.2, -0.15) is 0 Å². The van der Waals surface area contributed by atoms with E-state index in [0.717, 1.165) is 37.9 Å². The fourth-order valence-corrected chi connectivity index (χ4v) is 4.30. The Morgan fingerprint density at radius 3 is 2.62 bits per heavy atom. The van der Waals surface area contributed by atoms with Gasteiger partial charge in [-0.1, -0.05) is 25.0 Å². The van der Waals surface area contributed by atoms with Crippen LogP contribution in [-0.4, -0.2) is 32.3 Å². The van der Waals surface area contributed by atoms with E-state index >= 15 is 0 Å². The third kappa shape index (κ3) is 5.47. The normalized spacial score (nSPS) is 23.7. The second-order valence-corrected chi connectivity index (χ2v) is 7.76. The number of carbonyl (C=O) groups excluding carboxylic acids is 1. The smallest absolute Gasteiger partial charge is 0.223 e. The minimum atomic E-state index is 0.233. The van der Waals surface area contributed by atoms with Crippen LogP contribution in [0.25, 0.3) is 0 Å². The molecule has 2 fully saturated rings. The molecule has 0 bridgehead atoms. The lowest BCUT2D eigenvalue weighted by Gasteiger charge is -2.28. The van der Waals surface area contributed by atoms with E-state index in [-0.39, 0.29) is 11.8 Å². The predicted molar refractivity (Wildman–Crippen MR) is 104 cm³/mol. The monoisotopic (exact) mass is 359 g/mol. The van der Waals surface area contributed by atoms with E-state index in [1.807, 2.05) is 13.2 Å². The molecule has 0 aliphatic heterocycles. The van der Waals surface area contributed by atoms with Crippen molar-refractivity contribution in [3.8, 4) is 5.75 Å². The Morgan fingerprint density at radius 2 is 1.88 bits per heavy atom. The Hall–Kier alpha value is -1.55. The van der Waals surface area contributed by atoms with Crippen LogP contribution in [0.3, 0.4) is 0 Å². The van der Waals surface area contributed by atoms with E-state index in [1.54, 1.807) is 0 Å². The zero-order chi connectivity index (χ0) is 18.2. The number of hydrogen-bond acceptors (Lipinski definition) is 3. The molecule has 2 aliphatic carbocycles. The SMILES string of the molecule is COC1CCC(c2cccc(OCCCNC(=O)C3CCCC3)c2)CC1. The summed E-state index contributed by atoms with van der Waals surface area (Å²) >= 11 is 0. The van der Waals surface area contributed by atoms with E-state index < -0.39 is 0 Å². The topological polar surface area (TPSA) is 47.6 Å². The molecule has 3 rings (SSSR count). The van der Waals surface area contributed by atoms with Gasteiger partial charge >= 0.3 is 0 Å². The first-order valence-electron chi connectivity index (χ1n) is 10.3. The summed E-state index contributed by atoms with van der Waals surface area (Å²) in [5.41, 5.74) is 1.38. The molecule has 0 heterocycles. The number of hydrogen-bond donors (Lipinski definition) is 1. The van der Waals surface area contributed by atoms with E-state index in [9.17, 15) is 4.79 Å². The van der Waals surface area contributed by atoms with Crippen molar-refractivity contribution in [3.63, 3.8) is 0 Å². The van der Waals surface area contributed by atoms with Gasteiger partial charge in [0.1, 0.15) is 5.75 Å². The van der Waals surface area contributed by atoms with Crippen molar-refractivity contribution in [2.24, 2.45) is 5.92 Å². The van der Waals surface area contributed by atoms with Gasteiger partial charge in [-0.05, 0) is 68.6 Å².